The summed E-state index contributed by atoms with van der Waals surface area (Å²) in [6, 6.07) is 17.8. The van der Waals surface area contributed by atoms with Gasteiger partial charge in [-0.05, 0) is 68.7 Å². The van der Waals surface area contributed by atoms with Crippen molar-refractivity contribution in [3.05, 3.63) is 124 Å². The van der Waals surface area contributed by atoms with Gasteiger partial charge in [0.2, 0.25) is 0 Å². The molecule has 1 N–H and O–H groups in total. The third-order valence-corrected chi connectivity index (χ3v) is 6.27. The van der Waals surface area contributed by atoms with E-state index >= 15 is 0 Å². The number of benzene rings is 2. The minimum absolute atomic E-state index is 0.0334. The largest absolute Gasteiger partial charge is 0.352 e. The van der Waals surface area contributed by atoms with Gasteiger partial charge in [0.25, 0.3) is 11.5 Å². The molecule has 1 amide bonds. The smallest absolute Gasteiger partial charge is 0.256 e. The van der Waals surface area contributed by atoms with Gasteiger partial charge in [-0.25, -0.2) is 18.7 Å². The van der Waals surface area contributed by atoms with Gasteiger partial charge in [-0.1, -0.05) is 43.0 Å². The molecule has 0 fully saturated rings. The highest BCUT2D eigenvalue weighted by Crippen LogP contribution is 2.32. The first-order chi connectivity index (χ1) is 18.7. The van der Waals surface area contributed by atoms with Crippen LogP contribution in [0, 0.1) is 13.8 Å². The van der Waals surface area contributed by atoms with Crippen molar-refractivity contribution < 1.29 is 13.6 Å². The van der Waals surface area contributed by atoms with Crippen LogP contribution < -0.4 is 10.9 Å². The third kappa shape index (κ3) is 5.75. The third-order valence-electron chi connectivity index (χ3n) is 6.27. The molecule has 0 aliphatic heterocycles. The lowest BCUT2D eigenvalue weighted by atomic mass is 9.99. The number of aryl methyl sites for hydroxylation is 2. The number of fused-ring (bicyclic) bond motifs is 1. The first-order valence-electron chi connectivity index (χ1n) is 12.4. The molecule has 0 saturated heterocycles. The van der Waals surface area contributed by atoms with Crippen LogP contribution in [0.25, 0.3) is 28.0 Å². The average Bonchev–Trinajstić information content (AvgIpc) is 2.94. The summed E-state index contributed by atoms with van der Waals surface area (Å²) in [5.74, 6) is -1.91. The van der Waals surface area contributed by atoms with E-state index in [-0.39, 0.29) is 17.4 Å². The van der Waals surface area contributed by atoms with Crippen LogP contribution in [-0.2, 0) is 6.42 Å². The molecule has 0 bridgehead atoms. The lowest BCUT2D eigenvalue weighted by Gasteiger charge is -2.16. The summed E-state index contributed by atoms with van der Waals surface area (Å²) < 4.78 is 30.5. The highest BCUT2D eigenvalue weighted by atomic mass is 19.1. The van der Waals surface area contributed by atoms with Crippen molar-refractivity contribution in [2.75, 3.05) is 6.54 Å². The average molecular weight is 527 g/mol. The van der Waals surface area contributed by atoms with Gasteiger partial charge >= 0.3 is 0 Å². The maximum absolute atomic E-state index is 14.8. The van der Waals surface area contributed by atoms with Gasteiger partial charge in [-0.3, -0.25) is 14.2 Å². The molecule has 2 aromatic carbocycles. The minimum Gasteiger partial charge on any atom is -0.352 e. The van der Waals surface area contributed by atoms with Crippen LogP contribution in [0.2, 0.25) is 0 Å². The highest BCUT2D eigenvalue weighted by Gasteiger charge is 2.21. The Morgan fingerprint density at radius 1 is 1.05 bits per heavy atom. The fraction of sp³-hybridized carbons (Fsp3) is 0.161. The number of allylic oxidation sites excluding steroid dienone is 5. The van der Waals surface area contributed by atoms with Gasteiger partial charge in [0.05, 0.1) is 5.69 Å². The predicted molar refractivity (Wildman–Crippen MR) is 151 cm³/mol. The van der Waals surface area contributed by atoms with E-state index in [0.717, 1.165) is 27.8 Å². The second-order valence-electron chi connectivity index (χ2n) is 8.92. The molecule has 4 rings (SSSR count). The lowest BCUT2D eigenvalue weighted by molar-refractivity contribution is 0.0954. The van der Waals surface area contributed by atoms with Crippen LogP contribution in [0.3, 0.4) is 0 Å². The monoisotopic (exact) mass is 526 g/mol. The molecule has 2 aromatic heterocycles. The Balaban J connectivity index is 1.81. The summed E-state index contributed by atoms with van der Waals surface area (Å²) in [6.07, 6.45) is 2.59. The van der Waals surface area contributed by atoms with E-state index in [1.165, 1.54) is 19.1 Å². The fourth-order valence-electron chi connectivity index (χ4n) is 4.29. The molecule has 0 unspecified atom stereocenters. The summed E-state index contributed by atoms with van der Waals surface area (Å²) in [5, 5.41) is 3.33. The summed E-state index contributed by atoms with van der Waals surface area (Å²) in [6.45, 7) is 8.74. The van der Waals surface area contributed by atoms with Gasteiger partial charge in [-0.2, -0.15) is 0 Å². The summed E-state index contributed by atoms with van der Waals surface area (Å²) in [5.41, 5.74) is 2.21. The number of carbonyl (C=O) groups excluding carboxylic acids is 1. The number of hydrogen-bond donors (Lipinski definition) is 1. The first-order valence-corrected chi connectivity index (χ1v) is 12.4. The molecule has 2 heterocycles. The Kier molecular flexibility index (Phi) is 8.24. The van der Waals surface area contributed by atoms with E-state index in [1.54, 1.807) is 19.1 Å². The zero-order valence-electron chi connectivity index (χ0n) is 22.0. The maximum atomic E-state index is 14.8. The van der Waals surface area contributed by atoms with Gasteiger partial charge in [0.1, 0.15) is 23.2 Å². The predicted octanol–water partition coefficient (Wildman–Crippen LogP) is 6.25. The molecular weight excluding hydrogens is 498 g/mol. The van der Waals surface area contributed by atoms with Gasteiger partial charge in [-0.15, -0.1) is 0 Å². The first kappa shape index (κ1) is 27.3. The maximum Gasteiger partial charge on any atom is 0.256 e. The number of carbonyl (C=O) groups is 1. The summed E-state index contributed by atoms with van der Waals surface area (Å²) >= 11 is 0. The number of hydrogen-bond acceptors (Lipinski definition) is 4. The number of aromatic nitrogens is 3. The van der Waals surface area contributed by atoms with E-state index in [1.807, 2.05) is 43.3 Å². The van der Waals surface area contributed by atoms with Crippen molar-refractivity contribution in [2.24, 2.45) is 0 Å². The number of amides is 1. The molecule has 4 aromatic rings. The van der Waals surface area contributed by atoms with Crippen LogP contribution >= 0.6 is 0 Å². The highest BCUT2D eigenvalue weighted by molar-refractivity contribution is 5.98. The SMILES string of the molecule is C=C/C(F)=C(\C(F)=C/C)n1c(=O)ccc2c(-c3cc(C(=O)NCCc4ccccc4)ccc3C)nc(C)nc21. The Morgan fingerprint density at radius 3 is 2.49 bits per heavy atom. The topological polar surface area (TPSA) is 76.9 Å². The molecule has 8 heteroatoms. The van der Waals surface area contributed by atoms with E-state index in [2.05, 4.69) is 21.9 Å². The Labute approximate surface area is 225 Å². The molecule has 0 atom stereocenters. The van der Waals surface area contributed by atoms with Crippen molar-refractivity contribution in [1.82, 2.24) is 19.9 Å². The number of nitrogens with zero attached hydrogens (tertiary/aromatic N) is 3. The van der Waals surface area contributed by atoms with Crippen LogP contribution in [0.5, 0.6) is 0 Å². The van der Waals surface area contributed by atoms with Crippen molar-refractivity contribution in [3.8, 4) is 11.3 Å². The van der Waals surface area contributed by atoms with E-state index in [9.17, 15) is 18.4 Å². The standard InChI is InChI=1S/C31H28F2N4O2/c1-5-25(32)29(26(33)6-2)37-27(38)15-14-23-28(35-20(4)36-30(23)37)24-18-22(13-12-19(24)3)31(39)34-17-16-21-10-8-7-9-11-21/h5-15,18H,1,16-17H2,2-4H3,(H,34,39)/b26-6+,29-25-. The molecular formula is C31H28F2N4O2. The lowest BCUT2D eigenvalue weighted by Crippen LogP contribution is -2.25. The molecule has 39 heavy (non-hydrogen) atoms. The van der Waals surface area contributed by atoms with Crippen molar-refractivity contribution in [1.29, 1.82) is 0 Å². The summed E-state index contributed by atoms with van der Waals surface area (Å²) in [7, 11) is 0. The molecule has 198 valence electrons. The van der Waals surface area contributed by atoms with Crippen molar-refractivity contribution in [3.63, 3.8) is 0 Å². The van der Waals surface area contributed by atoms with Gasteiger partial charge in [0, 0.05) is 29.1 Å². The van der Waals surface area contributed by atoms with Crippen LogP contribution in [0.4, 0.5) is 8.78 Å². The molecule has 0 saturated carbocycles. The molecule has 0 aliphatic carbocycles. The molecule has 6 nitrogen and oxygen atoms in total. The Hall–Kier alpha value is -4.72. The van der Waals surface area contributed by atoms with Crippen LogP contribution in [-0.4, -0.2) is 27.0 Å². The van der Waals surface area contributed by atoms with E-state index in [0.29, 0.717) is 35.2 Å². The van der Waals surface area contributed by atoms with Crippen molar-refractivity contribution >= 4 is 22.6 Å². The molecule has 0 spiro atoms. The zero-order chi connectivity index (χ0) is 28.1. The second kappa shape index (κ2) is 11.8. The quantitative estimate of drug-likeness (QED) is 0.276. The van der Waals surface area contributed by atoms with Crippen LogP contribution in [0.1, 0.15) is 34.2 Å². The molecule has 0 radical (unpaired) electrons. The number of pyridine rings is 1. The number of rotatable bonds is 8. The van der Waals surface area contributed by atoms with Crippen molar-refractivity contribution in [2.45, 2.75) is 27.2 Å². The fourth-order valence-corrected chi connectivity index (χ4v) is 4.29. The Bertz CT molecular complexity index is 1690. The Morgan fingerprint density at radius 2 is 1.79 bits per heavy atom. The summed E-state index contributed by atoms with van der Waals surface area (Å²) in [4.78, 5) is 34.9. The molecule has 0 aliphatic rings. The number of halogens is 2. The second-order valence-corrected chi connectivity index (χ2v) is 8.92. The van der Waals surface area contributed by atoms with Gasteiger partial charge in [0.15, 0.2) is 5.65 Å². The number of nitrogens with one attached hydrogen (secondary N) is 1. The van der Waals surface area contributed by atoms with Gasteiger partial charge < -0.3 is 5.32 Å². The van der Waals surface area contributed by atoms with E-state index in [4.69, 9.17) is 0 Å². The minimum atomic E-state index is -1.01. The zero-order valence-corrected chi connectivity index (χ0v) is 22.0. The normalized spacial score (nSPS) is 12.3. The van der Waals surface area contributed by atoms with E-state index < -0.39 is 22.9 Å². The van der Waals surface area contributed by atoms with Crippen LogP contribution in [0.15, 0.2) is 95.8 Å².